The molecule has 0 unspecified atom stereocenters. The molecule has 11 nitrogen and oxygen atoms in total. The van der Waals surface area contributed by atoms with E-state index in [0.717, 1.165) is 6.20 Å². The second-order valence-corrected chi connectivity index (χ2v) is 5.04. The number of sulfonamides is 1. The number of nitrogens with zero attached hydrogens (tertiary/aromatic N) is 3. The van der Waals surface area contributed by atoms with Crippen molar-refractivity contribution >= 4 is 21.9 Å². The number of ether oxygens (including phenoxy) is 1. The Balaban J connectivity index is 2.26. The summed E-state index contributed by atoms with van der Waals surface area (Å²) < 4.78 is 30.9. The largest absolute Gasteiger partial charge is 0.478 e. The summed E-state index contributed by atoms with van der Waals surface area (Å²) in [5.41, 5.74) is -0.484. The molecule has 4 N–H and O–H groups in total. The Morgan fingerprint density at radius 3 is 2.90 bits per heavy atom. The molecule has 20 heavy (non-hydrogen) atoms. The van der Waals surface area contributed by atoms with Crippen molar-refractivity contribution in [2.24, 2.45) is 0 Å². The lowest BCUT2D eigenvalue weighted by Gasteiger charge is -2.02. The molecule has 0 amide bonds. The van der Waals surface area contributed by atoms with Crippen LogP contribution in [0.1, 0.15) is 17.3 Å². The van der Waals surface area contributed by atoms with Crippen LogP contribution >= 0.6 is 0 Å². The number of hydrogen-bond acceptors (Lipinski definition) is 7. The van der Waals surface area contributed by atoms with Gasteiger partial charge in [0.2, 0.25) is 5.95 Å². The van der Waals surface area contributed by atoms with E-state index >= 15 is 0 Å². The molecule has 0 aliphatic rings. The molecule has 2 aromatic rings. The summed E-state index contributed by atoms with van der Waals surface area (Å²) in [6, 6.07) is -0.0340. The lowest BCUT2D eigenvalue weighted by atomic mass is 10.4. The van der Waals surface area contributed by atoms with Gasteiger partial charge >= 0.3 is 12.0 Å². The number of carbonyl (C=O) groups is 1. The summed E-state index contributed by atoms with van der Waals surface area (Å²) >= 11 is 0. The number of H-pyrrole nitrogens is 2. The molecule has 0 aliphatic heterocycles. The molecule has 2 rings (SSSR count). The zero-order valence-corrected chi connectivity index (χ0v) is 10.9. The van der Waals surface area contributed by atoms with Gasteiger partial charge in [-0.3, -0.25) is 5.10 Å². The van der Waals surface area contributed by atoms with E-state index in [4.69, 9.17) is 9.84 Å². The summed E-state index contributed by atoms with van der Waals surface area (Å²) in [5, 5.41) is 19.7. The van der Waals surface area contributed by atoms with Crippen molar-refractivity contribution < 1.29 is 23.1 Å². The first kappa shape index (κ1) is 13.8. The van der Waals surface area contributed by atoms with E-state index in [9.17, 15) is 13.2 Å². The normalized spacial score (nSPS) is 11.2. The van der Waals surface area contributed by atoms with Gasteiger partial charge in [0.05, 0.1) is 12.8 Å². The van der Waals surface area contributed by atoms with Crippen LogP contribution in [0, 0.1) is 0 Å². The Morgan fingerprint density at radius 1 is 1.50 bits per heavy atom. The van der Waals surface area contributed by atoms with E-state index in [2.05, 4.69) is 25.4 Å². The fourth-order valence-electron chi connectivity index (χ4n) is 1.30. The average molecular weight is 302 g/mol. The van der Waals surface area contributed by atoms with Crippen LogP contribution in [-0.4, -0.2) is 51.5 Å². The van der Waals surface area contributed by atoms with Crippen LogP contribution in [0.25, 0.3) is 0 Å². The fourth-order valence-corrected chi connectivity index (χ4v) is 2.35. The topological polar surface area (TPSA) is 163 Å². The smallest absolute Gasteiger partial charge is 0.340 e. The van der Waals surface area contributed by atoms with Gasteiger partial charge in [0.1, 0.15) is 5.56 Å². The third kappa shape index (κ3) is 2.69. The molecule has 0 aliphatic carbocycles. The first-order valence-corrected chi connectivity index (χ1v) is 6.77. The van der Waals surface area contributed by atoms with E-state index in [0.29, 0.717) is 6.61 Å². The van der Waals surface area contributed by atoms with Crippen molar-refractivity contribution in [1.29, 1.82) is 0 Å². The van der Waals surface area contributed by atoms with Crippen molar-refractivity contribution in [3.8, 4) is 6.01 Å². The SMILES string of the molecule is CCOc1n[nH]c(NS(=O)(=O)c2[nH]ncc2C(=O)O)n1. The van der Waals surface area contributed by atoms with E-state index in [1.807, 2.05) is 4.72 Å². The van der Waals surface area contributed by atoms with Gasteiger partial charge < -0.3 is 9.84 Å². The minimum atomic E-state index is -4.19. The molecule has 0 bridgehead atoms. The number of carboxylic acid groups (broad SMARTS) is 1. The van der Waals surface area contributed by atoms with Gasteiger partial charge in [-0.15, -0.1) is 5.10 Å². The first-order chi connectivity index (χ1) is 9.44. The van der Waals surface area contributed by atoms with E-state index in [-0.39, 0.29) is 12.0 Å². The zero-order chi connectivity index (χ0) is 14.8. The van der Waals surface area contributed by atoms with Crippen LogP contribution in [0.2, 0.25) is 0 Å². The molecular formula is C8H10N6O5S. The number of carboxylic acids is 1. The van der Waals surface area contributed by atoms with Crippen molar-refractivity contribution in [2.75, 3.05) is 11.3 Å². The number of aromatic amines is 2. The molecular weight excluding hydrogens is 292 g/mol. The van der Waals surface area contributed by atoms with Gasteiger partial charge in [0.25, 0.3) is 10.0 Å². The summed E-state index contributed by atoms with van der Waals surface area (Å²) in [6.07, 6.45) is 0.892. The Bertz CT molecular complexity index is 719. The maximum absolute atomic E-state index is 12.0. The van der Waals surface area contributed by atoms with Crippen LogP contribution in [-0.2, 0) is 10.0 Å². The molecule has 2 heterocycles. The number of aromatic carboxylic acids is 1. The van der Waals surface area contributed by atoms with Crippen molar-refractivity contribution in [3.63, 3.8) is 0 Å². The Labute approximate surface area is 112 Å². The Morgan fingerprint density at radius 2 is 2.25 bits per heavy atom. The standard InChI is InChI=1S/C8H10N6O5S/c1-2-19-8-10-7(12-13-8)14-20(17,18)5-4(6(15)16)3-9-11-5/h3H,2H2,1H3,(H,9,11)(H,15,16)(H2,10,12,13,14). The maximum Gasteiger partial charge on any atom is 0.340 e. The highest BCUT2D eigenvalue weighted by atomic mass is 32.2. The zero-order valence-electron chi connectivity index (χ0n) is 10.1. The van der Waals surface area contributed by atoms with E-state index in [1.165, 1.54) is 0 Å². The molecule has 0 spiro atoms. The molecule has 0 saturated heterocycles. The van der Waals surface area contributed by atoms with Gasteiger partial charge in [0, 0.05) is 0 Å². The van der Waals surface area contributed by atoms with Crippen LogP contribution in [0.15, 0.2) is 11.2 Å². The third-order valence-corrected chi connectivity index (χ3v) is 3.38. The number of aromatic nitrogens is 5. The Hall–Kier alpha value is -2.63. The second kappa shape index (κ2) is 5.16. The number of anilines is 1. The van der Waals surface area contributed by atoms with Gasteiger partial charge in [-0.2, -0.15) is 18.5 Å². The summed E-state index contributed by atoms with van der Waals surface area (Å²) in [7, 11) is -4.19. The monoisotopic (exact) mass is 302 g/mol. The number of nitrogens with one attached hydrogen (secondary N) is 3. The highest BCUT2D eigenvalue weighted by molar-refractivity contribution is 7.92. The minimum absolute atomic E-state index is 0.0340. The molecule has 0 saturated carbocycles. The van der Waals surface area contributed by atoms with E-state index < -0.39 is 26.6 Å². The molecule has 2 aromatic heterocycles. The van der Waals surface area contributed by atoms with Gasteiger partial charge in [-0.05, 0) is 6.92 Å². The predicted molar refractivity (Wildman–Crippen MR) is 63.9 cm³/mol. The van der Waals surface area contributed by atoms with Crippen molar-refractivity contribution in [3.05, 3.63) is 11.8 Å². The minimum Gasteiger partial charge on any atom is -0.478 e. The summed E-state index contributed by atoms with van der Waals surface area (Å²) in [4.78, 5) is 14.6. The highest BCUT2D eigenvalue weighted by Gasteiger charge is 2.26. The van der Waals surface area contributed by atoms with Crippen LogP contribution < -0.4 is 9.46 Å². The number of hydrogen-bond donors (Lipinski definition) is 4. The van der Waals surface area contributed by atoms with E-state index in [1.54, 1.807) is 6.92 Å². The van der Waals surface area contributed by atoms with Crippen molar-refractivity contribution in [1.82, 2.24) is 25.4 Å². The highest BCUT2D eigenvalue weighted by Crippen LogP contribution is 2.16. The van der Waals surface area contributed by atoms with Gasteiger partial charge in [-0.25, -0.2) is 14.6 Å². The molecule has 12 heteroatoms. The van der Waals surface area contributed by atoms with Crippen LogP contribution in [0.4, 0.5) is 5.95 Å². The third-order valence-electron chi connectivity index (χ3n) is 2.07. The second-order valence-electron chi connectivity index (χ2n) is 3.42. The molecule has 0 atom stereocenters. The number of rotatable bonds is 6. The first-order valence-electron chi connectivity index (χ1n) is 5.28. The van der Waals surface area contributed by atoms with Crippen LogP contribution in [0.3, 0.4) is 0 Å². The molecule has 108 valence electrons. The quantitative estimate of drug-likeness (QED) is 0.550. The molecule has 0 aromatic carbocycles. The average Bonchev–Trinajstić information content (AvgIpc) is 2.98. The summed E-state index contributed by atoms with van der Waals surface area (Å²) in [5.74, 6) is -1.63. The summed E-state index contributed by atoms with van der Waals surface area (Å²) in [6.45, 7) is 2.03. The van der Waals surface area contributed by atoms with Crippen molar-refractivity contribution in [2.45, 2.75) is 11.9 Å². The maximum atomic E-state index is 12.0. The lowest BCUT2D eigenvalue weighted by molar-refractivity contribution is 0.0692. The molecule has 0 fully saturated rings. The predicted octanol–water partition coefficient (Wildman–Crippen LogP) is -0.575. The van der Waals surface area contributed by atoms with Crippen LogP contribution in [0.5, 0.6) is 6.01 Å². The lowest BCUT2D eigenvalue weighted by Crippen LogP contribution is -2.17. The Kier molecular flexibility index (Phi) is 3.56. The molecule has 0 radical (unpaired) electrons. The van der Waals surface area contributed by atoms with Gasteiger partial charge in [0.15, 0.2) is 5.03 Å². The fraction of sp³-hybridized carbons (Fsp3) is 0.250. The van der Waals surface area contributed by atoms with Gasteiger partial charge in [-0.1, -0.05) is 0 Å².